The largest absolute Gasteiger partial charge is 0.481 e. The molecular weight excluding hydrogens is 154 g/mol. The Bertz CT molecular complexity index is 46.1. The predicted octanol–water partition coefficient (Wildman–Crippen LogP) is -0.965. The lowest BCUT2D eigenvalue weighted by atomic mass is 10.9. The van der Waals surface area contributed by atoms with Crippen LogP contribution in [0, 0.1) is 0 Å². The molecule has 0 spiro atoms. The number of carboxylic acid groups (broad SMARTS) is 1. The molecule has 0 saturated heterocycles. The second-order valence-electron chi connectivity index (χ2n) is 0.835. The third kappa shape index (κ3) is 1040. The van der Waals surface area contributed by atoms with Gasteiger partial charge in [0.25, 0.3) is 5.97 Å². The van der Waals surface area contributed by atoms with Crippen LogP contribution in [0.1, 0.15) is 13.8 Å². The molecule has 0 unspecified atom stereocenters. The molecule has 0 fully saturated rings. The van der Waals surface area contributed by atoms with E-state index >= 15 is 0 Å². The summed E-state index contributed by atoms with van der Waals surface area (Å²) >= 11 is 0. The number of aliphatic carboxylic acids is 1. The Kier molecular flexibility index (Phi) is 169. The fraction of sp³-hybridized carbons (Fsp3) is 0.800. The molecule has 74 valence electrons. The molecule has 0 aromatic rings. The number of aliphatic hydroxyl groups excluding tert-OH is 2. The molecule has 0 radical (unpaired) electrons. The molecule has 0 amide bonds. The van der Waals surface area contributed by atoms with Gasteiger partial charge in [-0.05, 0) is 6.92 Å². The minimum atomic E-state index is -0.833. The molecule has 0 aromatic heterocycles. The maximum Gasteiger partial charge on any atom is 0.300 e. The van der Waals surface area contributed by atoms with Gasteiger partial charge in [0.15, 0.2) is 0 Å². The van der Waals surface area contributed by atoms with Crippen molar-refractivity contribution in [1.82, 2.24) is 6.15 Å². The monoisotopic (exact) mass is 173 g/mol. The van der Waals surface area contributed by atoms with Gasteiger partial charge in [0.1, 0.15) is 0 Å². The topological polar surface area (TPSA) is 144 Å². The zero-order chi connectivity index (χ0) is 8.28. The van der Waals surface area contributed by atoms with E-state index in [1.807, 2.05) is 0 Å². The Morgan fingerprint density at radius 2 is 1.36 bits per heavy atom. The Balaban J connectivity index is -0.0000000158. The number of carbonyl (C=O) groups is 1. The normalized spacial score (nSPS) is 4.45. The lowest BCUT2D eigenvalue weighted by Gasteiger charge is -1.59. The molecule has 0 aromatic carbocycles. The van der Waals surface area contributed by atoms with Gasteiger partial charge in [0.2, 0.25) is 0 Å². The van der Waals surface area contributed by atoms with Crippen LogP contribution in [0.15, 0.2) is 0 Å². The number of carboxylic acids is 1. The average molecular weight is 173 g/mol. The van der Waals surface area contributed by atoms with Crippen LogP contribution in [-0.2, 0) is 4.79 Å². The lowest BCUT2D eigenvalue weighted by molar-refractivity contribution is -0.134. The van der Waals surface area contributed by atoms with Crippen molar-refractivity contribution in [2.75, 3.05) is 13.7 Å². The molecule has 6 heteroatoms. The highest BCUT2D eigenvalue weighted by atomic mass is 16.4. The second-order valence-corrected chi connectivity index (χ2v) is 0.835. The van der Waals surface area contributed by atoms with Crippen molar-refractivity contribution < 1.29 is 25.6 Å². The summed E-state index contributed by atoms with van der Waals surface area (Å²) in [5.74, 6) is -0.833. The van der Waals surface area contributed by atoms with Crippen molar-refractivity contribution in [3.63, 3.8) is 0 Å². The summed E-state index contributed by atoms with van der Waals surface area (Å²) in [4.78, 5) is 9.00. The van der Waals surface area contributed by atoms with Crippen LogP contribution in [0.5, 0.6) is 0 Å². The van der Waals surface area contributed by atoms with Crippen molar-refractivity contribution in [3.05, 3.63) is 0 Å². The quantitative estimate of drug-likeness (QED) is 0.372. The first kappa shape index (κ1) is 31.7. The summed E-state index contributed by atoms with van der Waals surface area (Å²) < 4.78 is 0. The van der Waals surface area contributed by atoms with E-state index in [1.54, 1.807) is 6.92 Å². The van der Waals surface area contributed by atoms with Crippen molar-refractivity contribution in [2.24, 2.45) is 0 Å². The minimum Gasteiger partial charge on any atom is -0.481 e. The van der Waals surface area contributed by atoms with Gasteiger partial charge in [-0.2, -0.15) is 0 Å². The van der Waals surface area contributed by atoms with E-state index in [4.69, 9.17) is 20.1 Å². The van der Waals surface area contributed by atoms with Crippen LogP contribution in [-0.4, -0.2) is 40.5 Å². The summed E-state index contributed by atoms with van der Waals surface area (Å²) in [5.41, 5.74) is 0. The molecule has 0 aliphatic carbocycles. The smallest absolute Gasteiger partial charge is 0.300 e. The van der Waals surface area contributed by atoms with Crippen LogP contribution in [0.25, 0.3) is 0 Å². The van der Waals surface area contributed by atoms with Crippen LogP contribution >= 0.6 is 0 Å². The van der Waals surface area contributed by atoms with Crippen molar-refractivity contribution in [1.29, 1.82) is 0 Å². The molecule has 8 N–H and O–H groups in total. The van der Waals surface area contributed by atoms with E-state index in [0.29, 0.717) is 0 Å². The highest BCUT2D eigenvalue weighted by Gasteiger charge is 1.65. The molecule has 6 nitrogen and oxygen atoms in total. The standard InChI is InChI=1S/C2H4O2.C2H6O.CH4O.H3N.H2O/c1-2(3)4;1-2-3;1-2;;/h1H3,(H,3,4);3H,2H2,1H3;2H,1H3;1H3;1H2. The zero-order valence-electron chi connectivity index (χ0n) is 7.16. The fourth-order valence-corrected chi connectivity index (χ4v) is 0. The van der Waals surface area contributed by atoms with E-state index in [-0.39, 0.29) is 18.2 Å². The number of hydrogen-bond donors (Lipinski definition) is 4. The van der Waals surface area contributed by atoms with Crippen molar-refractivity contribution in [2.45, 2.75) is 13.8 Å². The first-order valence-electron chi connectivity index (χ1n) is 2.40. The Morgan fingerprint density at radius 1 is 1.36 bits per heavy atom. The third-order valence-electron chi connectivity index (χ3n) is 0. The van der Waals surface area contributed by atoms with E-state index in [1.165, 1.54) is 0 Å². The van der Waals surface area contributed by atoms with Crippen LogP contribution in [0.4, 0.5) is 0 Å². The van der Waals surface area contributed by atoms with E-state index < -0.39 is 5.97 Å². The molecule has 0 bridgehead atoms. The molecule has 0 rings (SSSR count). The molecule has 0 atom stereocenters. The SMILES string of the molecule is CC(=O)O.CCO.CO.N.O. The Hall–Kier alpha value is -0.690. The minimum absolute atomic E-state index is 0. The van der Waals surface area contributed by atoms with Crippen molar-refractivity contribution >= 4 is 5.97 Å². The number of aliphatic hydroxyl groups is 2. The van der Waals surface area contributed by atoms with Crippen molar-refractivity contribution in [3.8, 4) is 0 Å². The summed E-state index contributed by atoms with van der Waals surface area (Å²) in [6.07, 6.45) is 0. The highest BCUT2D eigenvalue weighted by molar-refractivity contribution is 5.62. The van der Waals surface area contributed by atoms with Gasteiger partial charge in [-0.25, -0.2) is 0 Å². The molecule has 0 heterocycles. The summed E-state index contributed by atoms with van der Waals surface area (Å²) in [6, 6.07) is 0. The van der Waals surface area contributed by atoms with Gasteiger partial charge >= 0.3 is 0 Å². The molecule has 0 saturated carbocycles. The van der Waals surface area contributed by atoms with Gasteiger partial charge in [0.05, 0.1) is 0 Å². The van der Waals surface area contributed by atoms with Gasteiger partial charge in [-0.15, -0.1) is 0 Å². The van der Waals surface area contributed by atoms with E-state index in [0.717, 1.165) is 14.0 Å². The lowest BCUT2D eigenvalue weighted by Crippen LogP contribution is -1.78. The van der Waals surface area contributed by atoms with E-state index in [2.05, 4.69) is 0 Å². The van der Waals surface area contributed by atoms with Gasteiger partial charge in [-0.3, -0.25) is 4.79 Å². The fourth-order valence-electron chi connectivity index (χ4n) is 0. The van der Waals surface area contributed by atoms with Crippen LogP contribution < -0.4 is 6.15 Å². The van der Waals surface area contributed by atoms with Gasteiger partial charge in [0, 0.05) is 20.6 Å². The van der Waals surface area contributed by atoms with Crippen LogP contribution in [0.3, 0.4) is 0 Å². The number of rotatable bonds is 0. The molecule has 11 heavy (non-hydrogen) atoms. The Morgan fingerprint density at radius 3 is 1.36 bits per heavy atom. The average Bonchev–Trinajstić information content (AvgIpc) is 1.71. The highest BCUT2D eigenvalue weighted by Crippen LogP contribution is 1.42. The third-order valence-corrected chi connectivity index (χ3v) is 0. The maximum atomic E-state index is 9.00. The van der Waals surface area contributed by atoms with E-state index in [9.17, 15) is 0 Å². The second kappa shape index (κ2) is 58.7. The zero-order valence-corrected chi connectivity index (χ0v) is 7.16. The van der Waals surface area contributed by atoms with Gasteiger partial charge in [-0.1, -0.05) is 0 Å². The molecular formula is C5H19NO5. The van der Waals surface area contributed by atoms with Gasteiger partial charge < -0.3 is 26.9 Å². The number of hydrogen-bond acceptors (Lipinski definition) is 4. The molecule has 0 aliphatic heterocycles. The molecule has 0 aliphatic rings. The predicted molar refractivity (Wildman–Crippen MR) is 42.8 cm³/mol. The first-order valence-corrected chi connectivity index (χ1v) is 2.40. The summed E-state index contributed by atoms with van der Waals surface area (Å²) in [6.45, 7) is 3.01. The maximum absolute atomic E-state index is 9.00. The van der Waals surface area contributed by atoms with Crippen LogP contribution in [0.2, 0.25) is 0 Å². The Labute approximate surface area is 66.4 Å². The summed E-state index contributed by atoms with van der Waals surface area (Å²) in [5, 5.41) is 22.0. The summed E-state index contributed by atoms with van der Waals surface area (Å²) in [7, 11) is 1.00. The first-order chi connectivity index (χ1) is 4.15.